The van der Waals surface area contributed by atoms with Crippen molar-refractivity contribution in [2.45, 2.75) is 20.8 Å². The average Bonchev–Trinajstić information content (AvgIpc) is 2.36. The minimum atomic E-state index is 0.0671. The van der Waals surface area contributed by atoms with Crippen molar-refractivity contribution in [2.24, 2.45) is 0 Å². The lowest BCUT2D eigenvalue weighted by Gasteiger charge is -2.21. The summed E-state index contributed by atoms with van der Waals surface area (Å²) < 4.78 is 0.832. The van der Waals surface area contributed by atoms with Crippen molar-refractivity contribution in [3.63, 3.8) is 0 Å². The number of rotatable bonds is 3. The van der Waals surface area contributed by atoms with Gasteiger partial charge >= 0.3 is 0 Å². The Morgan fingerprint density at radius 1 is 1.00 bits per heavy atom. The van der Waals surface area contributed by atoms with Crippen LogP contribution in [0.2, 0.25) is 0 Å². The zero-order valence-electron chi connectivity index (χ0n) is 12.2. The molecule has 0 aromatic heterocycles. The van der Waals surface area contributed by atoms with Gasteiger partial charge in [-0.1, -0.05) is 6.07 Å². The van der Waals surface area contributed by atoms with E-state index in [0.29, 0.717) is 5.56 Å². The Hall–Kier alpha value is -1.61. The molecular weight excluding hydrogens is 314 g/mol. The molecule has 0 unspecified atom stereocenters. The minimum Gasteiger partial charge on any atom is -0.345 e. The first kappa shape index (κ1) is 14.8. The Kier molecular flexibility index (Phi) is 4.29. The summed E-state index contributed by atoms with van der Waals surface area (Å²) in [6.07, 6.45) is 0. The van der Waals surface area contributed by atoms with Gasteiger partial charge in [-0.3, -0.25) is 4.79 Å². The predicted molar refractivity (Wildman–Crippen MR) is 88.1 cm³/mol. The van der Waals surface area contributed by atoms with E-state index in [2.05, 4.69) is 52.9 Å². The highest BCUT2D eigenvalue weighted by Crippen LogP contribution is 2.29. The first-order valence-electron chi connectivity index (χ1n) is 6.51. The number of benzene rings is 2. The molecule has 2 nitrogen and oxygen atoms in total. The van der Waals surface area contributed by atoms with Gasteiger partial charge in [-0.25, -0.2) is 0 Å². The Bertz CT molecular complexity index is 644. The lowest BCUT2D eigenvalue weighted by atomic mass is 10.1. The average molecular weight is 332 g/mol. The molecule has 2 aromatic rings. The third-order valence-corrected chi connectivity index (χ3v) is 3.97. The Morgan fingerprint density at radius 3 is 2.10 bits per heavy atom. The summed E-state index contributed by atoms with van der Waals surface area (Å²) in [4.78, 5) is 13.6. The van der Waals surface area contributed by atoms with Crippen molar-refractivity contribution in [3.8, 4) is 0 Å². The molecule has 3 heteroatoms. The van der Waals surface area contributed by atoms with Crippen LogP contribution in [0.3, 0.4) is 0 Å². The minimum absolute atomic E-state index is 0.0671. The summed E-state index contributed by atoms with van der Waals surface area (Å²) in [5.74, 6) is 0.0671. The normalized spacial score (nSPS) is 10.4. The summed E-state index contributed by atoms with van der Waals surface area (Å²) in [7, 11) is 2.03. The molecule has 104 valence electrons. The van der Waals surface area contributed by atoms with Gasteiger partial charge in [0.2, 0.25) is 0 Å². The summed E-state index contributed by atoms with van der Waals surface area (Å²) in [6, 6.07) is 12.3. The number of hydrogen-bond acceptors (Lipinski definition) is 2. The van der Waals surface area contributed by atoms with Crippen LogP contribution in [0, 0.1) is 13.8 Å². The summed E-state index contributed by atoms with van der Waals surface area (Å²) in [5, 5.41) is 0. The van der Waals surface area contributed by atoms with Crippen LogP contribution in [-0.4, -0.2) is 12.8 Å². The quantitative estimate of drug-likeness (QED) is 0.734. The standard InChI is InChI=1S/C17H18BrNO/c1-11-7-12(2)9-15(8-11)19(4)14-5-6-16(13(3)20)17(18)10-14/h5-10H,1-4H3. The van der Waals surface area contributed by atoms with E-state index in [1.165, 1.54) is 11.1 Å². The zero-order chi connectivity index (χ0) is 14.9. The second-order valence-electron chi connectivity index (χ2n) is 5.13. The molecule has 2 aromatic carbocycles. The molecule has 2 rings (SSSR count). The molecule has 20 heavy (non-hydrogen) atoms. The van der Waals surface area contributed by atoms with Gasteiger partial charge in [-0.2, -0.15) is 0 Å². The Labute approximate surface area is 128 Å². The van der Waals surface area contributed by atoms with Gasteiger partial charge in [0.1, 0.15) is 0 Å². The van der Waals surface area contributed by atoms with Crippen LogP contribution in [0.15, 0.2) is 40.9 Å². The summed E-state index contributed by atoms with van der Waals surface area (Å²) in [6.45, 7) is 5.77. The zero-order valence-corrected chi connectivity index (χ0v) is 13.8. The van der Waals surface area contributed by atoms with Crippen molar-refractivity contribution in [3.05, 3.63) is 57.6 Å². The number of hydrogen-bond donors (Lipinski definition) is 0. The SMILES string of the molecule is CC(=O)c1ccc(N(C)c2cc(C)cc(C)c2)cc1Br. The third-order valence-electron chi connectivity index (χ3n) is 3.31. The molecule has 0 N–H and O–H groups in total. The number of Topliss-reactive ketones (excluding diaryl/α,β-unsaturated/α-hetero) is 1. The van der Waals surface area contributed by atoms with E-state index in [4.69, 9.17) is 0 Å². The van der Waals surface area contributed by atoms with Crippen LogP contribution in [0.5, 0.6) is 0 Å². The maximum absolute atomic E-state index is 11.5. The fourth-order valence-electron chi connectivity index (χ4n) is 2.29. The lowest BCUT2D eigenvalue weighted by Crippen LogP contribution is -2.10. The molecular formula is C17H18BrNO. The van der Waals surface area contributed by atoms with Gasteiger partial charge in [-0.05, 0) is 78.2 Å². The number of halogens is 1. The van der Waals surface area contributed by atoms with E-state index in [9.17, 15) is 4.79 Å². The molecule has 0 fully saturated rings. The molecule has 0 radical (unpaired) electrons. The van der Waals surface area contributed by atoms with Gasteiger partial charge in [0, 0.05) is 28.5 Å². The number of nitrogens with zero attached hydrogens (tertiary/aromatic N) is 1. The highest BCUT2D eigenvalue weighted by molar-refractivity contribution is 9.10. The first-order chi connectivity index (χ1) is 9.38. The molecule has 0 aliphatic carbocycles. The van der Waals surface area contributed by atoms with E-state index in [0.717, 1.165) is 15.8 Å². The number of anilines is 2. The largest absolute Gasteiger partial charge is 0.345 e. The van der Waals surface area contributed by atoms with Crippen molar-refractivity contribution in [2.75, 3.05) is 11.9 Å². The smallest absolute Gasteiger partial charge is 0.160 e. The number of carbonyl (C=O) groups excluding carboxylic acids is 1. The Morgan fingerprint density at radius 2 is 1.60 bits per heavy atom. The van der Waals surface area contributed by atoms with Crippen LogP contribution in [0.25, 0.3) is 0 Å². The third kappa shape index (κ3) is 3.10. The molecule has 0 aliphatic heterocycles. The molecule has 0 atom stereocenters. The molecule has 0 bridgehead atoms. The van der Waals surface area contributed by atoms with E-state index >= 15 is 0 Å². The highest BCUT2D eigenvalue weighted by Gasteiger charge is 2.10. The van der Waals surface area contributed by atoms with Crippen LogP contribution >= 0.6 is 15.9 Å². The van der Waals surface area contributed by atoms with Crippen LogP contribution < -0.4 is 4.90 Å². The van der Waals surface area contributed by atoms with Gasteiger partial charge in [-0.15, -0.1) is 0 Å². The van der Waals surface area contributed by atoms with Crippen molar-refractivity contribution < 1.29 is 4.79 Å². The van der Waals surface area contributed by atoms with E-state index in [1.54, 1.807) is 6.92 Å². The fraction of sp³-hybridized carbons (Fsp3) is 0.235. The Balaban J connectivity index is 2.40. The molecule has 0 aliphatic rings. The van der Waals surface area contributed by atoms with E-state index in [-0.39, 0.29) is 5.78 Å². The molecule has 0 saturated heterocycles. The monoisotopic (exact) mass is 331 g/mol. The predicted octanol–water partition coefficient (Wildman–Crippen LogP) is 5.04. The number of carbonyl (C=O) groups is 1. The number of ketones is 1. The fourth-order valence-corrected chi connectivity index (χ4v) is 2.94. The van der Waals surface area contributed by atoms with Crippen LogP contribution in [0.4, 0.5) is 11.4 Å². The second kappa shape index (κ2) is 5.80. The molecule has 0 amide bonds. The number of aryl methyl sites for hydroxylation is 2. The molecule has 0 saturated carbocycles. The van der Waals surface area contributed by atoms with Crippen molar-refractivity contribution in [1.29, 1.82) is 0 Å². The van der Waals surface area contributed by atoms with E-state index in [1.807, 2.05) is 25.2 Å². The molecule has 0 heterocycles. The summed E-state index contributed by atoms with van der Waals surface area (Å²) >= 11 is 3.47. The van der Waals surface area contributed by atoms with Gasteiger partial charge < -0.3 is 4.90 Å². The van der Waals surface area contributed by atoms with Crippen molar-refractivity contribution >= 4 is 33.1 Å². The van der Waals surface area contributed by atoms with Crippen LogP contribution in [0.1, 0.15) is 28.4 Å². The van der Waals surface area contributed by atoms with Crippen LogP contribution in [-0.2, 0) is 0 Å². The lowest BCUT2D eigenvalue weighted by molar-refractivity contribution is 0.101. The maximum Gasteiger partial charge on any atom is 0.160 e. The van der Waals surface area contributed by atoms with Crippen molar-refractivity contribution in [1.82, 2.24) is 0 Å². The van der Waals surface area contributed by atoms with E-state index < -0.39 is 0 Å². The topological polar surface area (TPSA) is 20.3 Å². The van der Waals surface area contributed by atoms with Gasteiger partial charge in [0.25, 0.3) is 0 Å². The maximum atomic E-state index is 11.5. The second-order valence-corrected chi connectivity index (χ2v) is 5.98. The highest BCUT2D eigenvalue weighted by atomic mass is 79.9. The first-order valence-corrected chi connectivity index (χ1v) is 7.30. The summed E-state index contributed by atoms with van der Waals surface area (Å²) in [5.41, 5.74) is 5.39. The van der Waals surface area contributed by atoms with Gasteiger partial charge in [0.05, 0.1) is 0 Å². The molecule has 0 spiro atoms. The van der Waals surface area contributed by atoms with Gasteiger partial charge in [0.15, 0.2) is 5.78 Å².